The molecule has 1 aromatic rings. The van der Waals surface area contributed by atoms with Crippen molar-refractivity contribution in [3.63, 3.8) is 0 Å². The molecular formula is C8H9F3N4O2. The maximum Gasteiger partial charge on any atom is 0.451 e. The number of nitrogens with zero attached hydrogens (tertiary/aromatic N) is 3. The van der Waals surface area contributed by atoms with Gasteiger partial charge in [0.25, 0.3) is 5.95 Å². The highest BCUT2D eigenvalue weighted by molar-refractivity contribution is 5.94. The molecule has 1 atom stereocenters. The Morgan fingerprint density at radius 1 is 1.53 bits per heavy atom. The highest BCUT2D eigenvalue weighted by atomic mass is 19.4. The summed E-state index contributed by atoms with van der Waals surface area (Å²) in [6, 6.07) is 0. The van der Waals surface area contributed by atoms with E-state index in [4.69, 9.17) is 5.11 Å². The van der Waals surface area contributed by atoms with Gasteiger partial charge in [0.1, 0.15) is 0 Å². The number of carbonyl (C=O) groups excluding carboxylic acids is 1. The van der Waals surface area contributed by atoms with Gasteiger partial charge in [-0.3, -0.25) is 14.8 Å². The average molecular weight is 250 g/mol. The number of amides is 1. The predicted octanol–water partition coefficient (Wildman–Crippen LogP) is 0.169. The van der Waals surface area contributed by atoms with Gasteiger partial charge in [0, 0.05) is 25.5 Å². The molecule has 0 aromatic carbocycles. The molecule has 0 radical (unpaired) electrons. The van der Waals surface area contributed by atoms with Crippen molar-refractivity contribution < 1.29 is 23.1 Å². The number of hydrogen-bond donors (Lipinski definition) is 2. The fraction of sp³-hybridized carbons (Fsp3) is 0.625. The maximum absolute atomic E-state index is 12.3. The second kappa shape index (κ2) is 3.99. The van der Waals surface area contributed by atoms with Crippen LogP contribution in [0, 0.1) is 5.92 Å². The summed E-state index contributed by atoms with van der Waals surface area (Å²) in [5.74, 6) is -2.22. The number of carbonyl (C=O) groups is 1. The van der Waals surface area contributed by atoms with E-state index in [9.17, 15) is 18.0 Å². The number of hydrogen-bond acceptors (Lipinski definition) is 4. The van der Waals surface area contributed by atoms with Gasteiger partial charge in [0.15, 0.2) is 0 Å². The van der Waals surface area contributed by atoms with Crippen molar-refractivity contribution in [3.8, 4) is 0 Å². The molecule has 0 spiro atoms. The lowest BCUT2D eigenvalue weighted by Crippen LogP contribution is -2.26. The summed E-state index contributed by atoms with van der Waals surface area (Å²) in [7, 11) is 0. The molecular weight excluding hydrogens is 241 g/mol. The summed E-state index contributed by atoms with van der Waals surface area (Å²) in [5, 5.41) is 14.0. The van der Waals surface area contributed by atoms with Gasteiger partial charge in [-0.15, -0.1) is 5.10 Å². The third kappa shape index (κ3) is 2.23. The van der Waals surface area contributed by atoms with Crippen LogP contribution < -0.4 is 4.90 Å². The first kappa shape index (κ1) is 11.8. The Morgan fingerprint density at radius 2 is 2.24 bits per heavy atom. The summed E-state index contributed by atoms with van der Waals surface area (Å²) < 4.78 is 36.8. The minimum atomic E-state index is -4.62. The smallest absolute Gasteiger partial charge is 0.396 e. The monoisotopic (exact) mass is 250 g/mol. The van der Waals surface area contributed by atoms with Crippen LogP contribution in [0.5, 0.6) is 0 Å². The van der Waals surface area contributed by atoms with Crippen molar-refractivity contribution in [1.29, 1.82) is 0 Å². The molecule has 2 N–H and O–H groups in total. The summed E-state index contributed by atoms with van der Waals surface area (Å²) in [6.45, 7) is -0.0662. The molecule has 17 heavy (non-hydrogen) atoms. The summed E-state index contributed by atoms with van der Waals surface area (Å²) in [4.78, 5) is 15.7. The number of nitrogens with one attached hydrogen (secondary N) is 1. The van der Waals surface area contributed by atoms with Crippen LogP contribution in [0.25, 0.3) is 0 Å². The van der Waals surface area contributed by atoms with Crippen LogP contribution in [0.2, 0.25) is 0 Å². The lowest BCUT2D eigenvalue weighted by molar-refractivity contribution is -0.144. The minimum absolute atomic E-state index is 0.0897. The molecule has 94 valence electrons. The first-order chi connectivity index (χ1) is 7.91. The van der Waals surface area contributed by atoms with Crippen LogP contribution in [0.3, 0.4) is 0 Å². The zero-order valence-corrected chi connectivity index (χ0v) is 8.53. The first-order valence-corrected chi connectivity index (χ1v) is 4.82. The Labute approximate surface area is 93.4 Å². The van der Waals surface area contributed by atoms with E-state index in [1.165, 1.54) is 0 Å². The number of rotatable bonds is 2. The van der Waals surface area contributed by atoms with Crippen LogP contribution in [0.1, 0.15) is 12.2 Å². The fourth-order valence-electron chi connectivity index (χ4n) is 1.60. The van der Waals surface area contributed by atoms with Gasteiger partial charge in [-0.25, -0.2) is 0 Å². The van der Waals surface area contributed by atoms with Crippen molar-refractivity contribution in [2.24, 2.45) is 5.92 Å². The van der Waals surface area contributed by atoms with E-state index >= 15 is 0 Å². The van der Waals surface area contributed by atoms with Crippen LogP contribution in [0.4, 0.5) is 19.1 Å². The molecule has 2 rings (SSSR count). The van der Waals surface area contributed by atoms with Crippen molar-refractivity contribution >= 4 is 11.9 Å². The molecule has 1 aliphatic heterocycles. The van der Waals surface area contributed by atoms with Crippen molar-refractivity contribution in [2.75, 3.05) is 18.1 Å². The Morgan fingerprint density at radius 3 is 2.71 bits per heavy atom. The Bertz CT molecular complexity index is 431. The molecule has 1 saturated heterocycles. The second-order valence-corrected chi connectivity index (χ2v) is 3.74. The Kier molecular flexibility index (Phi) is 2.77. The third-order valence-corrected chi connectivity index (χ3v) is 2.45. The first-order valence-electron chi connectivity index (χ1n) is 4.82. The topological polar surface area (TPSA) is 82.1 Å². The number of alkyl halides is 3. The second-order valence-electron chi connectivity index (χ2n) is 3.74. The number of anilines is 1. The van der Waals surface area contributed by atoms with E-state index in [1.54, 1.807) is 5.10 Å². The normalized spacial score (nSPS) is 21.3. The third-order valence-electron chi connectivity index (χ3n) is 2.45. The average Bonchev–Trinajstić information content (AvgIpc) is 2.82. The maximum atomic E-state index is 12.3. The lowest BCUT2D eigenvalue weighted by Gasteiger charge is -2.10. The fourth-order valence-corrected chi connectivity index (χ4v) is 1.60. The van der Waals surface area contributed by atoms with Gasteiger partial charge in [-0.05, 0) is 0 Å². The highest BCUT2D eigenvalue weighted by Gasteiger charge is 2.38. The molecule has 0 aliphatic carbocycles. The minimum Gasteiger partial charge on any atom is -0.396 e. The molecule has 1 fully saturated rings. The van der Waals surface area contributed by atoms with Crippen molar-refractivity contribution in [1.82, 2.24) is 15.2 Å². The van der Waals surface area contributed by atoms with Crippen LogP contribution in [0.15, 0.2) is 0 Å². The van der Waals surface area contributed by atoms with E-state index in [0.29, 0.717) is 0 Å². The summed E-state index contributed by atoms with van der Waals surface area (Å²) >= 11 is 0. The number of H-pyrrole nitrogens is 1. The molecule has 1 unspecified atom stereocenters. The molecule has 1 aliphatic rings. The van der Waals surface area contributed by atoms with Crippen LogP contribution in [-0.2, 0) is 11.0 Å². The van der Waals surface area contributed by atoms with Crippen molar-refractivity contribution in [2.45, 2.75) is 12.6 Å². The molecule has 6 nitrogen and oxygen atoms in total. The molecule has 2 heterocycles. The lowest BCUT2D eigenvalue weighted by atomic mass is 10.1. The van der Waals surface area contributed by atoms with Gasteiger partial charge < -0.3 is 5.11 Å². The van der Waals surface area contributed by atoms with Gasteiger partial charge in [-0.2, -0.15) is 18.2 Å². The number of aromatic amines is 1. The zero-order valence-electron chi connectivity index (χ0n) is 8.53. The number of aliphatic hydroxyl groups excluding tert-OH is 1. The van der Waals surface area contributed by atoms with E-state index in [0.717, 1.165) is 4.90 Å². The molecule has 1 amide bonds. The molecule has 0 bridgehead atoms. The quantitative estimate of drug-likeness (QED) is 0.783. The van der Waals surface area contributed by atoms with E-state index < -0.39 is 17.9 Å². The largest absolute Gasteiger partial charge is 0.451 e. The zero-order chi connectivity index (χ0) is 12.6. The van der Waals surface area contributed by atoms with E-state index in [2.05, 4.69) is 10.1 Å². The van der Waals surface area contributed by atoms with Gasteiger partial charge in [0.2, 0.25) is 11.7 Å². The summed E-state index contributed by atoms with van der Waals surface area (Å²) in [6.07, 6.45) is -4.53. The van der Waals surface area contributed by atoms with Gasteiger partial charge in [0.05, 0.1) is 0 Å². The van der Waals surface area contributed by atoms with E-state index in [1.807, 2.05) is 0 Å². The predicted molar refractivity (Wildman–Crippen MR) is 48.9 cm³/mol. The van der Waals surface area contributed by atoms with Gasteiger partial charge >= 0.3 is 6.18 Å². The SMILES string of the molecule is O=C1CC(CO)CN1c1n[nH]c(C(F)(F)F)n1. The number of aromatic nitrogens is 3. The summed E-state index contributed by atoms with van der Waals surface area (Å²) in [5.41, 5.74) is 0. The van der Waals surface area contributed by atoms with Crippen molar-refractivity contribution in [3.05, 3.63) is 5.82 Å². The Hall–Kier alpha value is -1.64. The number of halogens is 3. The van der Waals surface area contributed by atoms with E-state index in [-0.39, 0.29) is 31.4 Å². The Balaban J connectivity index is 2.19. The number of aliphatic hydroxyl groups is 1. The molecule has 1 aromatic heterocycles. The molecule has 0 saturated carbocycles. The van der Waals surface area contributed by atoms with Crippen LogP contribution in [-0.4, -0.2) is 39.3 Å². The van der Waals surface area contributed by atoms with Gasteiger partial charge in [-0.1, -0.05) is 0 Å². The highest BCUT2D eigenvalue weighted by Crippen LogP contribution is 2.28. The molecule has 9 heteroatoms. The standard InChI is InChI=1S/C8H9F3N4O2/c9-8(10,11)6-12-7(14-13-6)15-2-4(3-16)1-5(15)17/h4,16H,1-3H2,(H,12,13,14). The van der Waals surface area contributed by atoms with Crippen LogP contribution >= 0.6 is 0 Å².